The van der Waals surface area contributed by atoms with Crippen molar-refractivity contribution in [2.24, 2.45) is 0 Å². The van der Waals surface area contributed by atoms with E-state index < -0.39 is 29.6 Å². The number of anilines is 1. The van der Waals surface area contributed by atoms with Gasteiger partial charge < -0.3 is 19.9 Å². The fraction of sp³-hybridized carbons (Fsp3) is 0.667. The molecule has 170 valence electrons. The van der Waals surface area contributed by atoms with Crippen LogP contribution in [0.2, 0.25) is 0 Å². The molecule has 2 aromatic rings. The standard InChI is InChI=1S/C21H28F2N4O4/c1-21(29)9-3-4-16(21)27-17-12(10-15(18(27)28)31-19(22)23)11-24-20(26-17)25-13-5-7-14(30-2)8-6-13/h10-11,13-14,16,19,29H,3-9H2,1-2H3,(H,24,25,26)/t13?,14?,16-,21-/m1/s1. The van der Waals surface area contributed by atoms with Crippen LogP contribution in [0.1, 0.15) is 57.9 Å². The van der Waals surface area contributed by atoms with E-state index in [1.165, 1.54) is 16.8 Å². The van der Waals surface area contributed by atoms with Crippen LogP contribution < -0.4 is 15.6 Å². The Balaban J connectivity index is 1.73. The summed E-state index contributed by atoms with van der Waals surface area (Å²) in [6.45, 7) is -1.48. The van der Waals surface area contributed by atoms with Crippen molar-refractivity contribution >= 4 is 17.0 Å². The first-order valence-corrected chi connectivity index (χ1v) is 10.7. The maximum atomic E-state index is 13.1. The van der Waals surface area contributed by atoms with Gasteiger partial charge in [0.25, 0.3) is 5.56 Å². The average molecular weight is 438 g/mol. The molecular formula is C21H28F2N4O4. The van der Waals surface area contributed by atoms with E-state index in [1.807, 2.05) is 0 Å². The highest BCUT2D eigenvalue weighted by Gasteiger charge is 2.40. The Morgan fingerprint density at radius 2 is 2.03 bits per heavy atom. The number of rotatable bonds is 6. The number of hydrogen-bond donors (Lipinski definition) is 2. The number of alkyl halides is 2. The maximum absolute atomic E-state index is 13.1. The summed E-state index contributed by atoms with van der Waals surface area (Å²) < 4.78 is 36.9. The molecule has 0 aromatic carbocycles. The van der Waals surface area contributed by atoms with E-state index >= 15 is 0 Å². The fourth-order valence-corrected chi connectivity index (χ4v) is 4.80. The Bertz CT molecular complexity index is 989. The van der Waals surface area contributed by atoms with E-state index in [0.29, 0.717) is 36.2 Å². The molecule has 0 aliphatic heterocycles. The van der Waals surface area contributed by atoms with Crippen LogP contribution in [0.5, 0.6) is 5.75 Å². The summed E-state index contributed by atoms with van der Waals surface area (Å²) in [4.78, 5) is 21.9. The van der Waals surface area contributed by atoms with Crippen LogP contribution >= 0.6 is 0 Å². The highest BCUT2D eigenvalue weighted by Crippen LogP contribution is 2.40. The van der Waals surface area contributed by atoms with Gasteiger partial charge in [0, 0.05) is 24.7 Å². The Hall–Kier alpha value is -2.33. The number of nitrogens with zero attached hydrogens (tertiary/aromatic N) is 3. The molecule has 2 heterocycles. The SMILES string of the molecule is COC1CCC(Nc2ncc3cc(OC(F)F)c(=O)n([C@@H]4CCC[C@@]4(C)O)c3n2)CC1. The molecule has 0 radical (unpaired) electrons. The van der Waals surface area contributed by atoms with E-state index in [9.17, 15) is 18.7 Å². The second-order valence-corrected chi connectivity index (χ2v) is 8.65. The van der Waals surface area contributed by atoms with Gasteiger partial charge in [-0.05, 0) is 57.9 Å². The minimum atomic E-state index is -3.13. The molecule has 0 bridgehead atoms. The zero-order valence-corrected chi connectivity index (χ0v) is 17.7. The highest BCUT2D eigenvalue weighted by molar-refractivity contribution is 5.77. The number of halogens is 2. The number of methoxy groups -OCH3 is 1. The van der Waals surface area contributed by atoms with Crippen LogP contribution in [-0.4, -0.2) is 51.1 Å². The van der Waals surface area contributed by atoms with Crippen LogP contribution in [0, 0.1) is 0 Å². The maximum Gasteiger partial charge on any atom is 0.387 e. The van der Waals surface area contributed by atoms with Gasteiger partial charge in [-0.3, -0.25) is 9.36 Å². The Morgan fingerprint density at radius 1 is 1.29 bits per heavy atom. The molecule has 10 heteroatoms. The normalized spacial score (nSPS) is 28.9. The van der Waals surface area contributed by atoms with Crippen LogP contribution in [0.3, 0.4) is 0 Å². The van der Waals surface area contributed by atoms with E-state index in [2.05, 4.69) is 20.0 Å². The molecule has 0 spiro atoms. The van der Waals surface area contributed by atoms with Gasteiger partial charge in [-0.15, -0.1) is 0 Å². The number of fused-ring (bicyclic) bond motifs is 1. The largest absolute Gasteiger partial charge is 0.429 e. The lowest BCUT2D eigenvalue weighted by Crippen LogP contribution is -2.38. The summed E-state index contributed by atoms with van der Waals surface area (Å²) in [6.07, 6.45) is 7.19. The van der Waals surface area contributed by atoms with Crippen LogP contribution in [0.15, 0.2) is 17.1 Å². The molecule has 31 heavy (non-hydrogen) atoms. The van der Waals surface area contributed by atoms with Gasteiger partial charge in [-0.2, -0.15) is 13.8 Å². The quantitative estimate of drug-likeness (QED) is 0.714. The fourth-order valence-electron chi connectivity index (χ4n) is 4.80. The molecule has 2 aliphatic rings. The van der Waals surface area contributed by atoms with Crippen molar-refractivity contribution in [2.75, 3.05) is 12.4 Å². The predicted octanol–water partition coefficient (Wildman–Crippen LogP) is 3.24. The zero-order valence-electron chi connectivity index (χ0n) is 17.7. The van der Waals surface area contributed by atoms with E-state index in [4.69, 9.17) is 4.74 Å². The van der Waals surface area contributed by atoms with Gasteiger partial charge in [0.2, 0.25) is 5.95 Å². The monoisotopic (exact) mass is 438 g/mol. The highest BCUT2D eigenvalue weighted by atomic mass is 19.3. The minimum absolute atomic E-state index is 0.181. The summed E-state index contributed by atoms with van der Waals surface area (Å²) in [6, 6.07) is 0.820. The van der Waals surface area contributed by atoms with E-state index in [1.54, 1.807) is 14.0 Å². The lowest BCUT2D eigenvalue weighted by atomic mass is 9.93. The van der Waals surface area contributed by atoms with Crippen molar-refractivity contribution in [1.29, 1.82) is 0 Å². The lowest BCUT2D eigenvalue weighted by molar-refractivity contribution is -0.0513. The third kappa shape index (κ3) is 4.50. The minimum Gasteiger partial charge on any atom is -0.429 e. The van der Waals surface area contributed by atoms with E-state index in [-0.39, 0.29) is 12.1 Å². The number of nitrogens with one attached hydrogen (secondary N) is 1. The number of ether oxygens (including phenoxy) is 2. The molecule has 2 N–H and O–H groups in total. The molecule has 2 aromatic heterocycles. The molecule has 2 atom stereocenters. The number of pyridine rings is 1. The van der Waals surface area contributed by atoms with Crippen molar-refractivity contribution in [1.82, 2.24) is 14.5 Å². The average Bonchev–Trinajstić information content (AvgIpc) is 3.08. The molecule has 2 fully saturated rings. The topological polar surface area (TPSA) is 98.5 Å². The molecule has 0 unspecified atom stereocenters. The van der Waals surface area contributed by atoms with Gasteiger partial charge in [0.15, 0.2) is 5.75 Å². The molecular weight excluding hydrogens is 410 g/mol. The lowest BCUT2D eigenvalue weighted by Gasteiger charge is -2.29. The summed E-state index contributed by atoms with van der Waals surface area (Å²) >= 11 is 0. The molecule has 4 rings (SSSR count). The zero-order chi connectivity index (χ0) is 22.2. The van der Waals surface area contributed by atoms with Gasteiger partial charge in [-0.25, -0.2) is 4.98 Å². The predicted molar refractivity (Wildman–Crippen MR) is 111 cm³/mol. The summed E-state index contributed by atoms with van der Waals surface area (Å²) in [5, 5.41) is 14.5. The van der Waals surface area contributed by atoms with Gasteiger partial charge in [0.05, 0.1) is 17.7 Å². The molecule has 8 nitrogen and oxygen atoms in total. The van der Waals surface area contributed by atoms with E-state index in [0.717, 1.165) is 25.7 Å². The van der Waals surface area contributed by atoms with Crippen LogP contribution in [-0.2, 0) is 4.74 Å². The summed E-state index contributed by atoms with van der Waals surface area (Å²) in [7, 11) is 1.72. The van der Waals surface area contributed by atoms with Gasteiger partial charge >= 0.3 is 6.61 Å². The molecule has 2 aliphatic carbocycles. The first-order valence-electron chi connectivity index (χ1n) is 10.7. The van der Waals surface area contributed by atoms with Gasteiger partial charge in [0.1, 0.15) is 5.65 Å². The summed E-state index contributed by atoms with van der Waals surface area (Å²) in [5.74, 6) is -0.117. The van der Waals surface area contributed by atoms with Crippen molar-refractivity contribution in [2.45, 2.75) is 82.3 Å². The number of hydrogen-bond acceptors (Lipinski definition) is 7. The smallest absolute Gasteiger partial charge is 0.387 e. The van der Waals surface area contributed by atoms with Crippen molar-refractivity contribution in [3.05, 3.63) is 22.6 Å². The molecule has 0 saturated heterocycles. The van der Waals surface area contributed by atoms with Crippen molar-refractivity contribution < 1.29 is 23.4 Å². The first-order chi connectivity index (χ1) is 14.8. The van der Waals surface area contributed by atoms with Crippen molar-refractivity contribution in [3.63, 3.8) is 0 Å². The first kappa shape index (κ1) is 21.9. The second-order valence-electron chi connectivity index (χ2n) is 8.65. The number of aromatic nitrogens is 3. The third-order valence-corrected chi connectivity index (χ3v) is 6.49. The molecule has 0 amide bonds. The Kier molecular flexibility index (Phi) is 6.11. The Labute approximate surface area is 178 Å². The van der Waals surface area contributed by atoms with Gasteiger partial charge in [-0.1, -0.05) is 0 Å². The third-order valence-electron chi connectivity index (χ3n) is 6.49. The summed E-state index contributed by atoms with van der Waals surface area (Å²) in [5.41, 5.74) is -1.59. The Morgan fingerprint density at radius 3 is 2.65 bits per heavy atom. The molecule has 2 saturated carbocycles. The number of aliphatic hydroxyl groups is 1. The second kappa shape index (κ2) is 8.66. The van der Waals surface area contributed by atoms with Crippen LogP contribution in [0.4, 0.5) is 14.7 Å². The van der Waals surface area contributed by atoms with Crippen LogP contribution in [0.25, 0.3) is 11.0 Å². The van der Waals surface area contributed by atoms with Crippen molar-refractivity contribution in [3.8, 4) is 5.75 Å².